The fourth-order valence-corrected chi connectivity index (χ4v) is 3.90. The molecule has 1 amide bonds. The van der Waals surface area contributed by atoms with E-state index in [1.807, 2.05) is 23.6 Å². The summed E-state index contributed by atoms with van der Waals surface area (Å²) >= 11 is 7.58. The lowest BCUT2D eigenvalue weighted by Crippen LogP contribution is -2.09. The van der Waals surface area contributed by atoms with Crippen molar-refractivity contribution < 1.29 is 4.79 Å². The molecule has 3 aromatic heterocycles. The molecule has 0 fully saturated rings. The molecular formula is C12H7BrN4OS3. The number of aromatic nitrogens is 2. The summed E-state index contributed by atoms with van der Waals surface area (Å²) in [5, 5.41) is 13.3. The van der Waals surface area contributed by atoms with Gasteiger partial charge in [0.25, 0.3) is 5.91 Å². The van der Waals surface area contributed by atoms with Gasteiger partial charge in [-0.05, 0) is 39.5 Å². The molecule has 0 aliphatic carbocycles. The summed E-state index contributed by atoms with van der Waals surface area (Å²) in [6.07, 6.45) is 1.72. The summed E-state index contributed by atoms with van der Waals surface area (Å²) in [5.41, 5.74) is 0. The molecule has 0 radical (unpaired) electrons. The first-order valence-electron chi connectivity index (χ1n) is 5.68. The van der Waals surface area contributed by atoms with Crippen molar-refractivity contribution in [1.29, 1.82) is 0 Å². The van der Waals surface area contributed by atoms with Crippen LogP contribution in [-0.4, -0.2) is 22.3 Å². The van der Waals surface area contributed by atoms with E-state index in [2.05, 4.69) is 36.4 Å². The molecule has 0 aliphatic heterocycles. The topological polar surface area (TPSA) is 67.2 Å². The van der Waals surface area contributed by atoms with Crippen LogP contribution in [0.4, 0.5) is 10.3 Å². The van der Waals surface area contributed by atoms with Crippen LogP contribution in [0.2, 0.25) is 0 Å². The molecule has 3 aromatic rings. The van der Waals surface area contributed by atoms with Crippen LogP contribution in [0.1, 0.15) is 14.5 Å². The lowest BCUT2D eigenvalue weighted by Gasteiger charge is -1.95. The van der Waals surface area contributed by atoms with E-state index < -0.39 is 0 Å². The fraction of sp³-hybridized carbons (Fsp3) is 0. The zero-order valence-electron chi connectivity index (χ0n) is 10.3. The van der Waals surface area contributed by atoms with Gasteiger partial charge in [0.1, 0.15) is 0 Å². The summed E-state index contributed by atoms with van der Waals surface area (Å²) in [7, 11) is 0. The van der Waals surface area contributed by atoms with Gasteiger partial charge in [-0.1, -0.05) is 17.4 Å². The van der Waals surface area contributed by atoms with Crippen LogP contribution in [0.3, 0.4) is 0 Å². The number of thiophene rings is 2. The SMILES string of the molecule is O=C(Nc1nnc(N=Cc2ccc(Br)s2)s1)c1cccs1. The van der Waals surface area contributed by atoms with Crippen molar-refractivity contribution >= 4 is 72.3 Å². The standard InChI is InChI=1S/C12H7BrN4OS3/c13-9-4-3-7(20-9)6-14-11-16-17-12(21-11)15-10(18)8-2-1-5-19-8/h1-6H,(H,15,17,18). The molecule has 3 heterocycles. The third-order valence-electron chi connectivity index (χ3n) is 2.28. The van der Waals surface area contributed by atoms with Crippen LogP contribution >= 0.6 is 49.9 Å². The van der Waals surface area contributed by atoms with Crippen molar-refractivity contribution in [2.24, 2.45) is 4.99 Å². The quantitative estimate of drug-likeness (QED) is 0.660. The summed E-state index contributed by atoms with van der Waals surface area (Å²) in [6.45, 7) is 0. The molecule has 0 saturated carbocycles. The molecule has 0 bridgehead atoms. The summed E-state index contributed by atoms with van der Waals surface area (Å²) in [5.74, 6) is -0.182. The van der Waals surface area contributed by atoms with Crippen LogP contribution < -0.4 is 5.32 Å². The Labute approximate surface area is 140 Å². The predicted molar refractivity (Wildman–Crippen MR) is 91.5 cm³/mol. The third kappa shape index (κ3) is 3.82. The average molecular weight is 399 g/mol. The zero-order chi connectivity index (χ0) is 14.7. The van der Waals surface area contributed by atoms with E-state index in [1.54, 1.807) is 23.6 Å². The summed E-state index contributed by atoms with van der Waals surface area (Å²) in [6, 6.07) is 7.50. The number of carbonyl (C=O) groups is 1. The van der Waals surface area contributed by atoms with Gasteiger partial charge in [-0.3, -0.25) is 10.1 Å². The van der Waals surface area contributed by atoms with Crippen LogP contribution in [-0.2, 0) is 0 Å². The van der Waals surface area contributed by atoms with E-state index in [4.69, 9.17) is 0 Å². The van der Waals surface area contributed by atoms with Crippen molar-refractivity contribution in [3.05, 3.63) is 43.2 Å². The molecule has 0 aromatic carbocycles. The van der Waals surface area contributed by atoms with Crippen molar-refractivity contribution in [3.63, 3.8) is 0 Å². The molecule has 0 saturated heterocycles. The first-order valence-corrected chi connectivity index (χ1v) is 8.99. The number of rotatable bonds is 4. The number of halogens is 1. The predicted octanol–water partition coefficient (Wildman–Crippen LogP) is 4.43. The second-order valence-electron chi connectivity index (χ2n) is 3.72. The van der Waals surface area contributed by atoms with Gasteiger partial charge in [0.05, 0.1) is 8.66 Å². The van der Waals surface area contributed by atoms with Gasteiger partial charge in [-0.25, -0.2) is 4.99 Å². The Balaban J connectivity index is 1.66. The van der Waals surface area contributed by atoms with E-state index in [0.717, 1.165) is 8.66 Å². The van der Waals surface area contributed by atoms with Crippen molar-refractivity contribution in [2.75, 3.05) is 5.32 Å². The molecule has 106 valence electrons. The fourth-order valence-electron chi connectivity index (χ4n) is 1.40. The highest BCUT2D eigenvalue weighted by molar-refractivity contribution is 9.11. The minimum Gasteiger partial charge on any atom is -0.296 e. The Morgan fingerprint density at radius 2 is 2.19 bits per heavy atom. The number of hydrogen-bond donors (Lipinski definition) is 1. The molecule has 5 nitrogen and oxygen atoms in total. The minimum absolute atomic E-state index is 0.182. The van der Waals surface area contributed by atoms with Gasteiger partial charge in [-0.2, -0.15) is 0 Å². The number of aliphatic imine (C=N–C) groups is 1. The zero-order valence-corrected chi connectivity index (χ0v) is 14.4. The van der Waals surface area contributed by atoms with Crippen LogP contribution in [0.15, 0.2) is 38.4 Å². The van der Waals surface area contributed by atoms with E-state index in [9.17, 15) is 4.79 Å². The molecule has 0 atom stereocenters. The van der Waals surface area contributed by atoms with Gasteiger partial charge >= 0.3 is 0 Å². The van der Waals surface area contributed by atoms with Crippen LogP contribution in [0.5, 0.6) is 0 Å². The van der Waals surface area contributed by atoms with Gasteiger partial charge in [0, 0.05) is 11.1 Å². The van der Waals surface area contributed by atoms with Gasteiger partial charge in [-0.15, -0.1) is 32.9 Å². The monoisotopic (exact) mass is 398 g/mol. The maximum Gasteiger partial charge on any atom is 0.267 e. The molecule has 3 rings (SSSR count). The third-order valence-corrected chi connectivity index (χ3v) is 5.45. The number of nitrogens with zero attached hydrogens (tertiary/aromatic N) is 3. The highest BCUT2D eigenvalue weighted by Crippen LogP contribution is 2.25. The lowest BCUT2D eigenvalue weighted by atomic mass is 10.4. The second kappa shape index (κ2) is 6.56. The van der Waals surface area contributed by atoms with Crippen molar-refractivity contribution in [2.45, 2.75) is 0 Å². The molecule has 9 heteroatoms. The van der Waals surface area contributed by atoms with Gasteiger partial charge in [0.15, 0.2) is 0 Å². The lowest BCUT2D eigenvalue weighted by molar-refractivity contribution is 0.103. The van der Waals surface area contributed by atoms with Gasteiger partial charge in [0.2, 0.25) is 10.3 Å². The highest BCUT2D eigenvalue weighted by atomic mass is 79.9. The first kappa shape index (κ1) is 14.5. The molecular weight excluding hydrogens is 392 g/mol. The normalized spacial score (nSPS) is 11.1. The summed E-state index contributed by atoms with van der Waals surface area (Å²) in [4.78, 5) is 17.8. The largest absolute Gasteiger partial charge is 0.296 e. The van der Waals surface area contributed by atoms with E-state index in [0.29, 0.717) is 15.1 Å². The van der Waals surface area contributed by atoms with Crippen LogP contribution in [0.25, 0.3) is 0 Å². The van der Waals surface area contributed by atoms with Crippen molar-refractivity contribution in [3.8, 4) is 0 Å². The Morgan fingerprint density at radius 1 is 1.29 bits per heavy atom. The maximum atomic E-state index is 11.9. The van der Waals surface area contributed by atoms with Gasteiger partial charge < -0.3 is 0 Å². The maximum absolute atomic E-state index is 11.9. The molecule has 1 N–H and O–H groups in total. The Morgan fingerprint density at radius 3 is 2.90 bits per heavy atom. The van der Waals surface area contributed by atoms with Crippen molar-refractivity contribution in [1.82, 2.24) is 10.2 Å². The van der Waals surface area contributed by atoms with Crippen LogP contribution in [0, 0.1) is 0 Å². The minimum atomic E-state index is -0.182. The number of carbonyl (C=O) groups excluding carboxylic acids is 1. The Hall–Kier alpha value is -1.42. The molecule has 0 spiro atoms. The number of hydrogen-bond acceptors (Lipinski definition) is 7. The number of amides is 1. The molecule has 0 aliphatic rings. The molecule has 21 heavy (non-hydrogen) atoms. The Kier molecular flexibility index (Phi) is 4.54. The first-order chi connectivity index (χ1) is 10.2. The van der Waals surface area contributed by atoms with E-state index >= 15 is 0 Å². The van der Waals surface area contributed by atoms with E-state index in [1.165, 1.54) is 22.7 Å². The average Bonchev–Trinajstić information content (AvgIpc) is 3.17. The molecule has 0 unspecified atom stereocenters. The Bertz CT molecular complexity index is 778. The van der Waals surface area contributed by atoms with E-state index in [-0.39, 0.29) is 5.91 Å². The highest BCUT2D eigenvalue weighted by Gasteiger charge is 2.10. The summed E-state index contributed by atoms with van der Waals surface area (Å²) < 4.78 is 1.05. The number of nitrogens with one attached hydrogen (secondary N) is 1. The number of anilines is 1. The second-order valence-corrected chi connectivity index (χ2v) is 8.12. The smallest absolute Gasteiger partial charge is 0.267 e.